The molecule has 0 spiro atoms. The summed E-state index contributed by atoms with van der Waals surface area (Å²) < 4.78 is 5.46. The van der Waals surface area contributed by atoms with Crippen LogP contribution >= 0.6 is 11.3 Å². The third-order valence-corrected chi connectivity index (χ3v) is 5.83. The molecule has 0 radical (unpaired) electrons. The first kappa shape index (κ1) is 17.9. The second kappa shape index (κ2) is 7.16. The van der Waals surface area contributed by atoms with Gasteiger partial charge in [0.1, 0.15) is 5.75 Å². The van der Waals surface area contributed by atoms with Gasteiger partial charge in [0, 0.05) is 10.4 Å². The number of anilines is 1. The van der Waals surface area contributed by atoms with Crippen molar-refractivity contribution in [3.8, 4) is 5.75 Å². The molecule has 1 aromatic heterocycles. The van der Waals surface area contributed by atoms with Gasteiger partial charge in [0.25, 0.3) is 5.91 Å². The number of nitrogens with one attached hydrogen (secondary N) is 1. The van der Waals surface area contributed by atoms with E-state index in [0.717, 1.165) is 18.5 Å². The molecule has 3 rings (SSSR count). The van der Waals surface area contributed by atoms with E-state index in [2.05, 4.69) is 31.1 Å². The number of amides is 1. The van der Waals surface area contributed by atoms with E-state index in [-0.39, 0.29) is 5.91 Å². The Balaban J connectivity index is 1.71. The highest BCUT2D eigenvalue weighted by Crippen LogP contribution is 2.40. The molecule has 25 heavy (non-hydrogen) atoms. The lowest BCUT2D eigenvalue weighted by molar-refractivity contribution is 0.102. The number of aromatic nitrogens is 1. The zero-order valence-corrected chi connectivity index (χ0v) is 16.2. The second-order valence-corrected chi connectivity index (χ2v) is 8.69. The standard InChI is InChI=1S/C20H26N2O2S/c1-5-24-15-8-6-7-13(11-15)18(23)22-19-21-16-10-9-14(20(2,3)4)12-17(16)25-19/h6-8,11,14H,5,9-10,12H2,1-4H3,(H,21,22,23)/t14-/m1/s1. The summed E-state index contributed by atoms with van der Waals surface area (Å²) in [7, 11) is 0. The maximum absolute atomic E-state index is 12.5. The molecule has 5 heteroatoms. The van der Waals surface area contributed by atoms with Crippen LogP contribution in [0.15, 0.2) is 24.3 Å². The van der Waals surface area contributed by atoms with Gasteiger partial charge < -0.3 is 4.74 Å². The summed E-state index contributed by atoms with van der Waals surface area (Å²) >= 11 is 1.62. The van der Waals surface area contributed by atoms with Gasteiger partial charge in [-0.25, -0.2) is 4.98 Å². The third-order valence-electron chi connectivity index (χ3n) is 4.79. The molecule has 0 fully saturated rings. The van der Waals surface area contributed by atoms with Crippen molar-refractivity contribution in [3.63, 3.8) is 0 Å². The van der Waals surface area contributed by atoms with Crippen molar-refractivity contribution in [2.75, 3.05) is 11.9 Å². The lowest BCUT2D eigenvalue weighted by Gasteiger charge is -2.33. The van der Waals surface area contributed by atoms with Gasteiger partial charge in [0.2, 0.25) is 0 Å². The Morgan fingerprint density at radius 1 is 1.40 bits per heavy atom. The zero-order chi connectivity index (χ0) is 18.0. The molecule has 1 N–H and O–H groups in total. The fourth-order valence-corrected chi connectivity index (χ4v) is 4.31. The number of carbonyl (C=O) groups excluding carboxylic acids is 1. The molecule has 1 atom stereocenters. The maximum Gasteiger partial charge on any atom is 0.257 e. The predicted molar refractivity (Wildman–Crippen MR) is 103 cm³/mol. The van der Waals surface area contributed by atoms with Gasteiger partial charge in [-0.15, -0.1) is 11.3 Å². The van der Waals surface area contributed by atoms with Crippen molar-refractivity contribution in [1.82, 2.24) is 4.98 Å². The van der Waals surface area contributed by atoms with E-state index in [9.17, 15) is 4.79 Å². The van der Waals surface area contributed by atoms with Gasteiger partial charge in [0.15, 0.2) is 5.13 Å². The summed E-state index contributed by atoms with van der Waals surface area (Å²) in [4.78, 5) is 18.5. The van der Waals surface area contributed by atoms with Crippen LogP contribution in [-0.2, 0) is 12.8 Å². The Labute approximate surface area is 153 Å². The highest BCUT2D eigenvalue weighted by molar-refractivity contribution is 7.15. The molecule has 2 aromatic rings. The van der Waals surface area contributed by atoms with E-state index in [1.54, 1.807) is 23.5 Å². The van der Waals surface area contributed by atoms with Gasteiger partial charge in [0.05, 0.1) is 12.3 Å². The molecule has 0 saturated heterocycles. The molecule has 4 nitrogen and oxygen atoms in total. The fourth-order valence-electron chi connectivity index (χ4n) is 3.23. The van der Waals surface area contributed by atoms with Gasteiger partial charge in [-0.3, -0.25) is 10.1 Å². The van der Waals surface area contributed by atoms with Crippen LogP contribution in [0, 0.1) is 11.3 Å². The average Bonchev–Trinajstić information content (AvgIpc) is 2.96. The van der Waals surface area contributed by atoms with Crippen LogP contribution in [0.25, 0.3) is 0 Å². The molecule has 1 aliphatic carbocycles. The van der Waals surface area contributed by atoms with Gasteiger partial charge in [-0.05, 0) is 55.7 Å². The molecular weight excluding hydrogens is 332 g/mol. The van der Waals surface area contributed by atoms with Gasteiger partial charge in [-0.1, -0.05) is 26.8 Å². The largest absolute Gasteiger partial charge is 0.494 e. The zero-order valence-electron chi connectivity index (χ0n) is 15.4. The first-order valence-electron chi connectivity index (χ1n) is 8.89. The molecule has 0 saturated carbocycles. The minimum atomic E-state index is -0.139. The summed E-state index contributed by atoms with van der Waals surface area (Å²) in [6.45, 7) is 9.42. The topological polar surface area (TPSA) is 51.2 Å². The van der Waals surface area contributed by atoms with Crippen LogP contribution in [0.2, 0.25) is 0 Å². The van der Waals surface area contributed by atoms with E-state index in [1.807, 2.05) is 19.1 Å². The molecule has 1 amide bonds. The Morgan fingerprint density at radius 2 is 2.20 bits per heavy atom. The first-order chi connectivity index (χ1) is 11.9. The third kappa shape index (κ3) is 4.21. The predicted octanol–water partition coefficient (Wildman–Crippen LogP) is 4.95. The Bertz CT molecular complexity index is 761. The second-order valence-electron chi connectivity index (χ2n) is 7.61. The SMILES string of the molecule is CCOc1cccc(C(=O)Nc2nc3c(s2)C[C@H](C(C)(C)C)CC3)c1. The molecule has 0 bridgehead atoms. The lowest BCUT2D eigenvalue weighted by atomic mass is 9.73. The van der Waals surface area contributed by atoms with E-state index in [4.69, 9.17) is 4.74 Å². The number of ether oxygens (including phenoxy) is 1. The number of hydrogen-bond donors (Lipinski definition) is 1. The Morgan fingerprint density at radius 3 is 2.92 bits per heavy atom. The van der Waals surface area contributed by atoms with Gasteiger partial charge >= 0.3 is 0 Å². The highest BCUT2D eigenvalue weighted by Gasteiger charge is 2.30. The number of aryl methyl sites for hydroxylation is 1. The van der Waals surface area contributed by atoms with E-state index >= 15 is 0 Å². The van der Waals surface area contributed by atoms with Crippen molar-refractivity contribution in [2.24, 2.45) is 11.3 Å². The molecule has 1 aromatic carbocycles. The number of hydrogen-bond acceptors (Lipinski definition) is 4. The summed E-state index contributed by atoms with van der Waals surface area (Å²) in [5.41, 5.74) is 2.06. The number of fused-ring (bicyclic) bond motifs is 1. The van der Waals surface area contributed by atoms with Crippen LogP contribution in [-0.4, -0.2) is 17.5 Å². The normalized spacial score (nSPS) is 17.0. The van der Waals surface area contributed by atoms with Crippen LogP contribution in [0.5, 0.6) is 5.75 Å². The van der Waals surface area contributed by atoms with Crippen molar-refractivity contribution in [1.29, 1.82) is 0 Å². The number of thiazole rings is 1. The van der Waals surface area contributed by atoms with E-state index in [0.29, 0.717) is 34.4 Å². The monoisotopic (exact) mass is 358 g/mol. The van der Waals surface area contributed by atoms with Crippen LogP contribution in [0.4, 0.5) is 5.13 Å². The summed E-state index contributed by atoms with van der Waals surface area (Å²) in [6, 6.07) is 7.25. The van der Waals surface area contributed by atoms with E-state index in [1.165, 1.54) is 11.3 Å². The van der Waals surface area contributed by atoms with Crippen LogP contribution in [0.3, 0.4) is 0 Å². The molecule has 134 valence electrons. The lowest BCUT2D eigenvalue weighted by Crippen LogP contribution is -2.26. The smallest absolute Gasteiger partial charge is 0.257 e. The Hall–Kier alpha value is -1.88. The number of nitrogens with zero attached hydrogens (tertiary/aromatic N) is 1. The van der Waals surface area contributed by atoms with Crippen molar-refractivity contribution in [3.05, 3.63) is 40.4 Å². The summed E-state index contributed by atoms with van der Waals surface area (Å²) in [5, 5.41) is 3.65. The minimum absolute atomic E-state index is 0.139. The number of rotatable bonds is 4. The molecule has 1 aliphatic rings. The Kier molecular flexibility index (Phi) is 5.13. The summed E-state index contributed by atoms with van der Waals surface area (Å²) in [5.74, 6) is 1.24. The maximum atomic E-state index is 12.5. The first-order valence-corrected chi connectivity index (χ1v) is 9.71. The quantitative estimate of drug-likeness (QED) is 0.842. The fraction of sp³-hybridized carbons (Fsp3) is 0.500. The van der Waals surface area contributed by atoms with Crippen LogP contribution < -0.4 is 10.1 Å². The van der Waals surface area contributed by atoms with Gasteiger partial charge in [-0.2, -0.15) is 0 Å². The molecule has 1 heterocycles. The van der Waals surface area contributed by atoms with Crippen LogP contribution in [0.1, 0.15) is 55.0 Å². The van der Waals surface area contributed by atoms with Crippen molar-refractivity contribution < 1.29 is 9.53 Å². The summed E-state index contributed by atoms with van der Waals surface area (Å²) in [6.07, 6.45) is 3.24. The van der Waals surface area contributed by atoms with Crippen molar-refractivity contribution in [2.45, 2.75) is 47.0 Å². The molecular formula is C20H26N2O2S. The number of carbonyl (C=O) groups is 1. The minimum Gasteiger partial charge on any atom is -0.494 e. The average molecular weight is 359 g/mol. The highest BCUT2D eigenvalue weighted by atomic mass is 32.1. The molecule has 0 unspecified atom stereocenters. The van der Waals surface area contributed by atoms with E-state index < -0.39 is 0 Å². The van der Waals surface area contributed by atoms with Crippen molar-refractivity contribution >= 4 is 22.4 Å². The molecule has 0 aliphatic heterocycles. The number of benzene rings is 1.